The van der Waals surface area contributed by atoms with E-state index in [1.54, 1.807) is 11.8 Å². The predicted molar refractivity (Wildman–Crippen MR) is 111 cm³/mol. The number of thioether (sulfide) groups is 1. The van der Waals surface area contributed by atoms with Crippen LogP contribution in [0.2, 0.25) is 0 Å². The van der Waals surface area contributed by atoms with E-state index in [-0.39, 0.29) is 5.91 Å². The molecule has 4 heteroatoms. The molecule has 1 fully saturated rings. The zero-order chi connectivity index (χ0) is 18.7. The molecule has 0 unspecified atom stereocenters. The zero-order valence-electron chi connectivity index (χ0n) is 16.2. The molecule has 0 aromatic heterocycles. The predicted octanol–water partition coefficient (Wildman–Crippen LogP) is 4.36. The molecular weight excluding hydrogens is 340 g/mol. The number of rotatable bonds is 4. The molecular formula is C22H28N2OS. The molecule has 0 bridgehead atoms. The van der Waals surface area contributed by atoms with Crippen LogP contribution in [0.25, 0.3) is 0 Å². The van der Waals surface area contributed by atoms with Crippen molar-refractivity contribution in [1.29, 1.82) is 0 Å². The summed E-state index contributed by atoms with van der Waals surface area (Å²) in [6.45, 7) is 12.0. The molecule has 1 saturated heterocycles. The van der Waals surface area contributed by atoms with Crippen LogP contribution in [0.3, 0.4) is 0 Å². The van der Waals surface area contributed by atoms with Crippen molar-refractivity contribution >= 4 is 23.4 Å². The van der Waals surface area contributed by atoms with Crippen molar-refractivity contribution in [3.8, 4) is 0 Å². The SMILES string of the molecule is Cc1cc(C)c(C)c(SCC(=O)N2CCN(c3ccccc3)CC2)c1C. The van der Waals surface area contributed by atoms with Crippen LogP contribution in [-0.2, 0) is 4.79 Å². The van der Waals surface area contributed by atoms with Gasteiger partial charge in [-0.3, -0.25) is 4.79 Å². The quantitative estimate of drug-likeness (QED) is 0.749. The first kappa shape index (κ1) is 18.8. The van der Waals surface area contributed by atoms with E-state index in [4.69, 9.17) is 0 Å². The fourth-order valence-corrected chi connectivity index (χ4v) is 4.68. The third-order valence-electron chi connectivity index (χ3n) is 5.39. The summed E-state index contributed by atoms with van der Waals surface area (Å²) >= 11 is 1.70. The number of carbonyl (C=O) groups excluding carboxylic acids is 1. The number of aryl methyl sites for hydroxylation is 2. The van der Waals surface area contributed by atoms with Gasteiger partial charge in [0.1, 0.15) is 0 Å². The first-order chi connectivity index (χ1) is 12.5. The molecule has 26 heavy (non-hydrogen) atoms. The number of para-hydroxylation sites is 1. The van der Waals surface area contributed by atoms with Gasteiger partial charge in [0.2, 0.25) is 5.91 Å². The summed E-state index contributed by atoms with van der Waals surface area (Å²) in [6.07, 6.45) is 0. The van der Waals surface area contributed by atoms with Crippen LogP contribution in [0, 0.1) is 27.7 Å². The second-order valence-electron chi connectivity index (χ2n) is 7.08. The van der Waals surface area contributed by atoms with E-state index in [1.807, 2.05) is 11.0 Å². The topological polar surface area (TPSA) is 23.6 Å². The normalized spacial score (nSPS) is 14.6. The lowest BCUT2D eigenvalue weighted by Crippen LogP contribution is -2.49. The number of nitrogens with zero attached hydrogens (tertiary/aromatic N) is 2. The van der Waals surface area contributed by atoms with Crippen LogP contribution in [0.1, 0.15) is 22.3 Å². The zero-order valence-corrected chi connectivity index (χ0v) is 17.0. The second kappa shape index (κ2) is 8.17. The van der Waals surface area contributed by atoms with E-state index in [2.05, 4.69) is 62.9 Å². The van der Waals surface area contributed by atoms with Crippen molar-refractivity contribution in [2.45, 2.75) is 32.6 Å². The number of hydrogen-bond acceptors (Lipinski definition) is 3. The minimum atomic E-state index is 0.251. The van der Waals surface area contributed by atoms with Gasteiger partial charge in [-0.2, -0.15) is 0 Å². The van der Waals surface area contributed by atoms with Crippen LogP contribution in [-0.4, -0.2) is 42.7 Å². The number of carbonyl (C=O) groups is 1. The van der Waals surface area contributed by atoms with Gasteiger partial charge in [-0.05, 0) is 62.1 Å². The number of piperazine rings is 1. The fraction of sp³-hybridized carbons (Fsp3) is 0.409. The van der Waals surface area contributed by atoms with Crippen LogP contribution >= 0.6 is 11.8 Å². The van der Waals surface area contributed by atoms with Gasteiger partial charge in [0.15, 0.2) is 0 Å². The molecule has 0 radical (unpaired) electrons. The molecule has 0 aliphatic carbocycles. The average Bonchev–Trinajstić information content (AvgIpc) is 2.67. The summed E-state index contributed by atoms with van der Waals surface area (Å²) in [5, 5.41) is 0. The molecule has 1 heterocycles. The minimum Gasteiger partial charge on any atom is -0.368 e. The van der Waals surface area contributed by atoms with E-state index in [9.17, 15) is 4.79 Å². The van der Waals surface area contributed by atoms with Gasteiger partial charge in [-0.1, -0.05) is 24.3 Å². The summed E-state index contributed by atoms with van der Waals surface area (Å²) in [6, 6.07) is 12.7. The molecule has 0 saturated carbocycles. The molecule has 2 aromatic carbocycles. The molecule has 2 aromatic rings. The second-order valence-corrected chi connectivity index (χ2v) is 8.07. The molecule has 3 rings (SSSR count). The number of anilines is 1. The Morgan fingerprint density at radius 3 is 2.08 bits per heavy atom. The largest absolute Gasteiger partial charge is 0.368 e. The van der Waals surface area contributed by atoms with Crippen molar-refractivity contribution in [3.63, 3.8) is 0 Å². The van der Waals surface area contributed by atoms with Gasteiger partial charge in [0.25, 0.3) is 0 Å². The van der Waals surface area contributed by atoms with E-state index in [0.717, 1.165) is 26.2 Å². The van der Waals surface area contributed by atoms with E-state index in [1.165, 1.54) is 32.8 Å². The first-order valence-electron chi connectivity index (χ1n) is 9.25. The third kappa shape index (κ3) is 4.07. The Morgan fingerprint density at radius 1 is 0.923 bits per heavy atom. The maximum absolute atomic E-state index is 12.7. The monoisotopic (exact) mass is 368 g/mol. The highest BCUT2D eigenvalue weighted by Gasteiger charge is 2.21. The number of benzene rings is 2. The molecule has 0 atom stereocenters. The lowest BCUT2D eigenvalue weighted by atomic mass is 10.0. The summed E-state index contributed by atoms with van der Waals surface area (Å²) < 4.78 is 0. The Balaban J connectivity index is 1.57. The van der Waals surface area contributed by atoms with E-state index >= 15 is 0 Å². The third-order valence-corrected chi connectivity index (χ3v) is 6.68. The van der Waals surface area contributed by atoms with Gasteiger partial charge in [0, 0.05) is 36.8 Å². The molecule has 1 amide bonds. The molecule has 1 aliphatic heterocycles. The number of hydrogen-bond donors (Lipinski definition) is 0. The Bertz CT molecular complexity index is 754. The van der Waals surface area contributed by atoms with Crippen LogP contribution < -0.4 is 4.90 Å². The van der Waals surface area contributed by atoms with E-state index < -0.39 is 0 Å². The Morgan fingerprint density at radius 2 is 1.50 bits per heavy atom. The fourth-order valence-electron chi connectivity index (χ4n) is 3.48. The highest BCUT2D eigenvalue weighted by molar-refractivity contribution is 8.00. The van der Waals surface area contributed by atoms with Crippen molar-refractivity contribution in [2.75, 3.05) is 36.8 Å². The molecule has 3 nitrogen and oxygen atoms in total. The molecule has 1 aliphatic rings. The maximum atomic E-state index is 12.7. The smallest absolute Gasteiger partial charge is 0.233 e. The summed E-state index contributed by atoms with van der Waals surface area (Å²) in [7, 11) is 0. The number of amides is 1. The van der Waals surface area contributed by atoms with Crippen molar-refractivity contribution in [1.82, 2.24) is 4.90 Å². The molecule has 138 valence electrons. The maximum Gasteiger partial charge on any atom is 0.233 e. The Hall–Kier alpha value is -1.94. The summed E-state index contributed by atoms with van der Waals surface area (Å²) in [4.78, 5) is 18.3. The van der Waals surface area contributed by atoms with Crippen LogP contribution in [0.5, 0.6) is 0 Å². The lowest BCUT2D eigenvalue weighted by Gasteiger charge is -2.36. The van der Waals surface area contributed by atoms with Gasteiger partial charge in [-0.15, -0.1) is 11.8 Å². The molecule has 0 N–H and O–H groups in total. The minimum absolute atomic E-state index is 0.251. The van der Waals surface area contributed by atoms with E-state index in [0.29, 0.717) is 5.75 Å². The summed E-state index contributed by atoms with van der Waals surface area (Å²) in [5.74, 6) is 0.774. The Labute approximate surface area is 161 Å². The standard InChI is InChI=1S/C22H28N2OS/c1-16-14-17(2)19(4)22(18(16)3)26-15-21(25)24-12-10-23(11-13-24)20-8-6-5-7-9-20/h5-9,14H,10-13,15H2,1-4H3. The lowest BCUT2D eigenvalue weighted by molar-refractivity contribution is -0.128. The van der Waals surface area contributed by atoms with Gasteiger partial charge in [-0.25, -0.2) is 0 Å². The van der Waals surface area contributed by atoms with Crippen LogP contribution in [0.15, 0.2) is 41.3 Å². The van der Waals surface area contributed by atoms with Crippen LogP contribution in [0.4, 0.5) is 5.69 Å². The van der Waals surface area contributed by atoms with Gasteiger partial charge in [0.05, 0.1) is 5.75 Å². The highest BCUT2D eigenvalue weighted by atomic mass is 32.2. The average molecular weight is 369 g/mol. The highest BCUT2D eigenvalue weighted by Crippen LogP contribution is 2.31. The first-order valence-corrected chi connectivity index (χ1v) is 10.2. The Kier molecular flexibility index (Phi) is 5.92. The van der Waals surface area contributed by atoms with Gasteiger partial charge >= 0.3 is 0 Å². The van der Waals surface area contributed by atoms with Crippen molar-refractivity contribution in [2.24, 2.45) is 0 Å². The summed E-state index contributed by atoms with van der Waals surface area (Å²) in [5.41, 5.74) is 6.47. The van der Waals surface area contributed by atoms with Crippen molar-refractivity contribution < 1.29 is 4.79 Å². The van der Waals surface area contributed by atoms with Gasteiger partial charge < -0.3 is 9.80 Å². The molecule has 0 spiro atoms. The van der Waals surface area contributed by atoms with Crippen molar-refractivity contribution in [3.05, 3.63) is 58.7 Å².